The van der Waals surface area contributed by atoms with Gasteiger partial charge in [-0.25, -0.2) is 0 Å². The molecule has 0 saturated carbocycles. The summed E-state index contributed by atoms with van der Waals surface area (Å²) in [7, 11) is 1.38. The van der Waals surface area contributed by atoms with Crippen LogP contribution < -0.4 is 5.32 Å². The Balaban J connectivity index is 1.70. The van der Waals surface area contributed by atoms with E-state index in [2.05, 4.69) is 43.4 Å². The van der Waals surface area contributed by atoms with Crippen molar-refractivity contribution in [1.29, 1.82) is 5.26 Å². The lowest BCUT2D eigenvalue weighted by Gasteiger charge is -2.22. The number of nitrogens with one attached hydrogen (secondary N) is 1. The zero-order valence-corrected chi connectivity index (χ0v) is 22.0. The van der Waals surface area contributed by atoms with Gasteiger partial charge in [0.25, 0.3) is 0 Å². The summed E-state index contributed by atoms with van der Waals surface area (Å²) in [6, 6.07) is 29.4. The molecule has 0 aliphatic heterocycles. The van der Waals surface area contributed by atoms with E-state index in [1.807, 2.05) is 54.6 Å². The molecule has 1 N–H and O–H groups in total. The van der Waals surface area contributed by atoms with E-state index in [1.165, 1.54) is 7.11 Å². The Hall–Kier alpha value is -4.43. The molecule has 0 saturated heterocycles. The number of rotatable bonds is 9. The van der Waals surface area contributed by atoms with Gasteiger partial charge in [0.1, 0.15) is 0 Å². The lowest BCUT2D eigenvalue weighted by Crippen LogP contribution is -2.23. The summed E-state index contributed by atoms with van der Waals surface area (Å²) in [4.78, 5) is 25.9. The first kappa shape index (κ1) is 26.6. The summed E-state index contributed by atoms with van der Waals surface area (Å²) in [6.07, 6.45) is 1.36. The Bertz CT molecular complexity index is 1490. The molecule has 38 heavy (non-hydrogen) atoms. The van der Waals surface area contributed by atoms with E-state index in [4.69, 9.17) is 4.74 Å². The van der Waals surface area contributed by atoms with Gasteiger partial charge in [-0.1, -0.05) is 86.6 Å². The van der Waals surface area contributed by atoms with Gasteiger partial charge < -0.3 is 10.1 Å². The standard InChI is InChI=1S/C33H32N2O3/c1-22(2)17-30(29-14-8-12-24-9-6-7-13-28(24)29)33(37)35-31-18-23(21-34)15-16-27(31)19-25-10-4-5-11-26(25)20-32(36)38-3/h4-16,18,22,30H,17,19-20H2,1-3H3,(H,35,37). The maximum absolute atomic E-state index is 13.9. The number of esters is 1. The number of nitriles is 1. The average molecular weight is 505 g/mol. The van der Waals surface area contributed by atoms with Crippen LogP contribution >= 0.6 is 0 Å². The summed E-state index contributed by atoms with van der Waals surface area (Å²) in [5, 5.41) is 14.9. The highest BCUT2D eigenvalue weighted by Crippen LogP contribution is 2.32. The average Bonchev–Trinajstić information content (AvgIpc) is 2.93. The highest BCUT2D eigenvalue weighted by Gasteiger charge is 2.25. The second-order valence-electron chi connectivity index (χ2n) is 9.92. The monoisotopic (exact) mass is 504 g/mol. The van der Waals surface area contributed by atoms with E-state index in [1.54, 1.807) is 12.1 Å². The molecule has 4 rings (SSSR count). The number of benzene rings is 4. The van der Waals surface area contributed by atoms with Crippen molar-refractivity contribution in [2.75, 3.05) is 12.4 Å². The maximum atomic E-state index is 13.9. The van der Waals surface area contributed by atoms with Crippen molar-refractivity contribution in [2.24, 2.45) is 5.92 Å². The Morgan fingerprint density at radius 1 is 0.895 bits per heavy atom. The van der Waals surface area contributed by atoms with Gasteiger partial charge in [0.05, 0.1) is 31.1 Å². The first-order valence-corrected chi connectivity index (χ1v) is 12.8. The Labute approximate surface area is 224 Å². The topological polar surface area (TPSA) is 79.2 Å². The van der Waals surface area contributed by atoms with E-state index in [0.29, 0.717) is 30.0 Å². The fraction of sp³-hybridized carbons (Fsp3) is 0.242. The van der Waals surface area contributed by atoms with Gasteiger partial charge in [0.2, 0.25) is 5.91 Å². The number of hydrogen-bond donors (Lipinski definition) is 1. The van der Waals surface area contributed by atoms with Crippen molar-refractivity contribution >= 4 is 28.3 Å². The molecule has 0 aromatic heterocycles. The minimum Gasteiger partial charge on any atom is -0.469 e. The van der Waals surface area contributed by atoms with Crippen LogP contribution in [0.3, 0.4) is 0 Å². The number of amides is 1. The zero-order valence-electron chi connectivity index (χ0n) is 22.0. The number of fused-ring (bicyclic) bond motifs is 1. The van der Waals surface area contributed by atoms with Gasteiger partial charge >= 0.3 is 5.97 Å². The zero-order chi connectivity index (χ0) is 27.1. The van der Waals surface area contributed by atoms with E-state index in [0.717, 1.165) is 33.0 Å². The highest BCUT2D eigenvalue weighted by atomic mass is 16.5. The fourth-order valence-electron chi connectivity index (χ4n) is 4.87. The molecule has 0 aliphatic rings. The Morgan fingerprint density at radius 3 is 2.34 bits per heavy atom. The van der Waals surface area contributed by atoms with Gasteiger partial charge in [-0.3, -0.25) is 9.59 Å². The molecule has 5 heteroatoms. The quantitative estimate of drug-likeness (QED) is 0.255. The van der Waals surface area contributed by atoms with E-state index >= 15 is 0 Å². The van der Waals surface area contributed by atoms with E-state index in [-0.39, 0.29) is 24.2 Å². The summed E-state index contributed by atoms with van der Waals surface area (Å²) in [5.41, 5.74) is 4.78. The van der Waals surface area contributed by atoms with Gasteiger partial charge in [0, 0.05) is 5.69 Å². The van der Waals surface area contributed by atoms with Gasteiger partial charge in [-0.2, -0.15) is 5.26 Å². The summed E-state index contributed by atoms with van der Waals surface area (Å²) >= 11 is 0. The van der Waals surface area contributed by atoms with Gasteiger partial charge in [-0.15, -0.1) is 0 Å². The molecule has 0 bridgehead atoms. The van der Waals surface area contributed by atoms with Crippen molar-refractivity contribution in [3.05, 3.63) is 113 Å². The normalized spacial score (nSPS) is 11.7. The van der Waals surface area contributed by atoms with Gasteiger partial charge in [-0.05, 0) is 63.9 Å². The lowest BCUT2D eigenvalue weighted by molar-refractivity contribution is -0.139. The molecule has 0 radical (unpaired) electrons. The van der Waals surface area contributed by atoms with Crippen LogP contribution in [-0.2, 0) is 27.2 Å². The van der Waals surface area contributed by atoms with Crippen LogP contribution in [0.15, 0.2) is 84.9 Å². The second-order valence-corrected chi connectivity index (χ2v) is 9.92. The van der Waals surface area contributed by atoms with Crippen LogP contribution in [0.1, 0.15) is 54.0 Å². The van der Waals surface area contributed by atoms with Crippen LogP contribution in [0, 0.1) is 17.2 Å². The third kappa shape index (κ3) is 6.27. The van der Waals surface area contributed by atoms with Crippen LogP contribution in [0.5, 0.6) is 0 Å². The number of carbonyl (C=O) groups is 2. The molecule has 0 heterocycles. The molecule has 1 atom stereocenters. The minimum absolute atomic E-state index is 0.103. The number of ether oxygens (including phenoxy) is 1. The Morgan fingerprint density at radius 2 is 1.61 bits per heavy atom. The number of anilines is 1. The largest absolute Gasteiger partial charge is 0.469 e. The molecule has 192 valence electrons. The van der Waals surface area contributed by atoms with Gasteiger partial charge in [0.15, 0.2) is 0 Å². The first-order valence-electron chi connectivity index (χ1n) is 12.8. The summed E-state index contributed by atoms with van der Waals surface area (Å²) in [5.74, 6) is -0.460. The van der Waals surface area contributed by atoms with Crippen LogP contribution in [0.25, 0.3) is 10.8 Å². The molecule has 5 nitrogen and oxygen atoms in total. The van der Waals surface area contributed by atoms with Crippen molar-refractivity contribution in [1.82, 2.24) is 0 Å². The van der Waals surface area contributed by atoms with E-state index < -0.39 is 0 Å². The molecular formula is C33H32N2O3. The van der Waals surface area contributed by atoms with Crippen molar-refractivity contribution in [3.8, 4) is 6.07 Å². The predicted octanol–water partition coefficient (Wildman–Crippen LogP) is 6.79. The lowest BCUT2D eigenvalue weighted by atomic mass is 9.86. The molecular weight excluding hydrogens is 472 g/mol. The minimum atomic E-state index is -0.355. The smallest absolute Gasteiger partial charge is 0.309 e. The number of carbonyl (C=O) groups excluding carboxylic acids is 2. The SMILES string of the molecule is COC(=O)Cc1ccccc1Cc1ccc(C#N)cc1NC(=O)C(CC(C)C)c1cccc2ccccc12. The number of methoxy groups -OCH3 is 1. The van der Waals surface area contributed by atoms with Crippen LogP contribution in [0.2, 0.25) is 0 Å². The maximum Gasteiger partial charge on any atom is 0.309 e. The van der Waals surface area contributed by atoms with Crippen LogP contribution in [-0.4, -0.2) is 19.0 Å². The van der Waals surface area contributed by atoms with Crippen LogP contribution in [0.4, 0.5) is 5.69 Å². The van der Waals surface area contributed by atoms with Crippen molar-refractivity contribution < 1.29 is 14.3 Å². The van der Waals surface area contributed by atoms with Crippen molar-refractivity contribution in [2.45, 2.75) is 39.0 Å². The summed E-state index contributed by atoms with van der Waals surface area (Å²) < 4.78 is 4.86. The third-order valence-corrected chi connectivity index (χ3v) is 6.78. The fourth-order valence-corrected chi connectivity index (χ4v) is 4.87. The first-order chi connectivity index (χ1) is 18.4. The number of nitrogens with zero attached hydrogens (tertiary/aromatic N) is 1. The predicted molar refractivity (Wildman–Crippen MR) is 151 cm³/mol. The second kappa shape index (κ2) is 12.2. The number of hydrogen-bond acceptors (Lipinski definition) is 4. The molecule has 0 spiro atoms. The molecule has 4 aromatic rings. The molecule has 1 unspecified atom stereocenters. The third-order valence-electron chi connectivity index (χ3n) is 6.78. The highest BCUT2D eigenvalue weighted by molar-refractivity contribution is 6.00. The van der Waals surface area contributed by atoms with E-state index in [9.17, 15) is 14.9 Å². The Kier molecular flexibility index (Phi) is 8.55. The molecule has 4 aromatic carbocycles. The molecule has 0 aliphatic carbocycles. The summed E-state index contributed by atoms with van der Waals surface area (Å²) in [6.45, 7) is 4.23. The van der Waals surface area contributed by atoms with Crippen molar-refractivity contribution in [3.63, 3.8) is 0 Å². The molecule has 0 fully saturated rings. The molecule has 1 amide bonds.